The van der Waals surface area contributed by atoms with Gasteiger partial charge in [-0.3, -0.25) is 9.69 Å². The normalized spacial score (nSPS) is 15.1. The molecule has 2 aromatic rings. The smallest absolute Gasteiger partial charge is 0.225 e. The van der Waals surface area contributed by atoms with Gasteiger partial charge in [-0.15, -0.1) is 0 Å². The molecule has 5 heteroatoms. The zero-order valence-electron chi connectivity index (χ0n) is 15.5. The molecule has 1 fully saturated rings. The number of nitrogens with one attached hydrogen (secondary N) is 1. The molecule has 0 atom stereocenters. The van der Waals surface area contributed by atoms with E-state index in [4.69, 9.17) is 11.6 Å². The number of nitrogens with zero attached hydrogens (tertiary/aromatic N) is 2. The first-order valence-electron chi connectivity index (χ1n) is 9.11. The monoisotopic (exact) mass is 371 g/mol. The Morgan fingerprint density at radius 1 is 1.08 bits per heavy atom. The minimum Gasteiger partial charge on any atom is -0.369 e. The molecule has 1 aliphatic heterocycles. The van der Waals surface area contributed by atoms with Crippen LogP contribution in [0.1, 0.15) is 17.5 Å². The van der Waals surface area contributed by atoms with Crippen molar-refractivity contribution in [2.24, 2.45) is 0 Å². The summed E-state index contributed by atoms with van der Waals surface area (Å²) < 4.78 is 0. The van der Waals surface area contributed by atoms with Gasteiger partial charge in [0, 0.05) is 55.5 Å². The minimum absolute atomic E-state index is 0.0796. The Balaban J connectivity index is 1.45. The first kappa shape index (κ1) is 18.7. The lowest BCUT2D eigenvalue weighted by Crippen LogP contribution is -2.47. The molecule has 1 amide bonds. The summed E-state index contributed by atoms with van der Waals surface area (Å²) in [5.41, 5.74) is 4.34. The van der Waals surface area contributed by atoms with E-state index in [-0.39, 0.29) is 5.91 Å². The van der Waals surface area contributed by atoms with Crippen molar-refractivity contribution in [3.63, 3.8) is 0 Å². The van der Waals surface area contributed by atoms with E-state index < -0.39 is 0 Å². The third kappa shape index (κ3) is 4.99. The summed E-state index contributed by atoms with van der Waals surface area (Å²) in [4.78, 5) is 17.0. The standard InChI is InChI=1S/C21H26ClN3O/c1-16-6-7-17(2)20(14-16)23-21(26)8-9-24-10-12-25(13-11-24)19-5-3-4-18(22)15-19/h3-7,14-15H,8-13H2,1-2H3,(H,23,26). The first-order chi connectivity index (χ1) is 12.5. The van der Waals surface area contributed by atoms with Crippen LogP contribution in [0.5, 0.6) is 0 Å². The molecular weight excluding hydrogens is 346 g/mol. The molecule has 0 aromatic heterocycles. The van der Waals surface area contributed by atoms with Gasteiger partial charge in [-0.25, -0.2) is 0 Å². The summed E-state index contributed by atoms with van der Waals surface area (Å²) >= 11 is 6.08. The third-order valence-electron chi connectivity index (χ3n) is 4.87. The Hall–Kier alpha value is -2.04. The molecule has 2 aromatic carbocycles. The summed E-state index contributed by atoms with van der Waals surface area (Å²) in [5, 5.41) is 3.81. The van der Waals surface area contributed by atoms with E-state index in [2.05, 4.69) is 27.2 Å². The number of halogens is 1. The molecule has 0 radical (unpaired) electrons. The molecule has 1 N–H and O–H groups in total. The SMILES string of the molecule is Cc1ccc(C)c(NC(=O)CCN2CCN(c3cccc(Cl)c3)CC2)c1. The van der Waals surface area contributed by atoms with E-state index in [0.717, 1.165) is 54.6 Å². The number of rotatable bonds is 5. The van der Waals surface area contributed by atoms with Crippen LogP contribution in [-0.4, -0.2) is 43.5 Å². The molecule has 138 valence electrons. The number of amides is 1. The molecule has 1 heterocycles. The quantitative estimate of drug-likeness (QED) is 0.859. The fourth-order valence-corrected chi connectivity index (χ4v) is 3.43. The number of anilines is 2. The predicted molar refractivity (Wildman–Crippen MR) is 109 cm³/mol. The maximum absolute atomic E-state index is 12.3. The molecule has 0 unspecified atom stereocenters. The summed E-state index contributed by atoms with van der Waals surface area (Å²) in [7, 11) is 0. The largest absolute Gasteiger partial charge is 0.369 e. The number of hydrogen-bond acceptors (Lipinski definition) is 3. The molecule has 1 saturated heterocycles. The number of hydrogen-bond donors (Lipinski definition) is 1. The Morgan fingerprint density at radius 3 is 2.58 bits per heavy atom. The molecule has 1 aliphatic rings. The highest BCUT2D eigenvalue weighted by atomic mass is 35.5. The minimum atomic E-state index is 0.0796. The van der Waals surface area contributed by atoms with Crippen molar-refractivity contribution in [3.8, 4) is 0 Å². The van der Waals surface area contributed by atoms with Gasteiger partial charge in [-0.05, 0) is 49.2 Å². The highest BCUT2D eigenvalue weighted by Gasteiger charge is 2.18. The van der Waals surface area contributed by atoms with E-state index in [1.165, 1.54) is 5.69 Å². The lowest BCUT2D eigenvalue weighted by molar-refractivity contribution is -0.116. The van der Waals surface area contributed by atoms with Gasteiger partial charge < -0.3 is 10.2 Å². The molecule has 0 bridgehead atoms. The second-order valence-electron chi connectivity index (χ2n) is 6.93. The molecular formula is C21H26ClN3O. The molecule has 4 nitrogen and oxygen atoms in total. The van der Waals surface area contributed by atoms with Gasteiger partial charge >= 0.3 is 0 Å². The van der Waals surface area contributed by atoms with Gasteiger partial charge in [-0.1, -0.05) is 29.8 Å². The third-order valence-corrected chi connectivity index (χ3v) is 5.10. The van der Waals surface area contributed by atoms with Crippen LogP contribution in [0.3, 0.4) is 0 Å². The summed E-state index contributed by atoms with van der Waals surface area (Å²) in [6.07, 6.45) is 0.518. The Bertz CT molecular complexity index is 770. The lowest BCUT2D eigenvalue weighted by atomic mass is 10.1. The van der Waals surface area contributed by atoms with E-state index in [1.807, 2.05) is 44.2 Å². The number of piperazine rings is 1. The van der Waals surface area contributed by atoms with Crippen LogP contribution >= 0.6 is 11.6 Å². The summed E-state index contributed by atoms with van der Waals surface area (Å²) in [6, 6.07) is 14.1. The maximum Gasteiger partial charge on any atom is 0.225 e. The van der Waals surface area contributed by atoms with E-state index >= 15 is 0 Å². The fourth-order valence-electron chi connectivity index (χ4n) is 3.25. The van der Waals surface area contributed by atoms with Crippen LogP contribution in [0, 0.1) is 13.8 Å². The average molecular weight is 372 g/mol. The van der Waals surface area contributed by atoms with Crippen molar-refractivity contribution < 1.29 is 4.79 Å². The number of aryl methyl sites for hydroxylation is 2. The predicted octanol–water partition coefficient (Wildman–Crippen LogP) is 4.11. The van der Waals surface area contributed by atoms with Crippen molar-refractivity contribution in [1.82, 2.24) is 4.90 Å². The van der Waals surface area contributed by atoms with Crippen molar-refractivity contribution in [2.75, 3.05) is 42.9 Å². The van der Waals surface area contributed by atoms with Crippen LogP contribution < -0.4 is 10.2 Å². The van der Waals surface area contributed by atoms with Gasteiger partial charge in [0.15, 0.2) is 0 Å². The van der Waals surface area contributed by atoms with Gasteiger partial charge in [-0.2, -0.15) is 0 Å². The van der Waals surface area contributed by atoms with Gasteiger partial charge in [0.25, 0.3) is 0 Å². The molecule has 3 rings (SSSR count). The van der Waals surface area contributed by atoms with Crippen LogP contribution in [0.15, 0.2) is 42.5 Å². The van der Waals surface area contributed by atoms with Crippen LogP contribution in [0.25, 0.3) is 0 Å². The van der Waals surface area contributed by atoms with E-state index in [1.54, 1.807) is 0 Å². The van der Waals surface area contributed by atoms with Crippen molar-refractivity contribution in [3.05, 3.63) is 58.6 Å². The maximum atomic E-state index is 12.3. The Labute approximate surface area is 160 Å². The van der Waals surface area contributed by atoms with Gasteiger partial charge in [0.05, 0.1) is 0 Å². The summed E-state index contributed by atoms with van der Waals surface area (Å²) in [5.74, 6) is 0.0796. The molecule has 0 saturated carbocycles. The van der Waals surface area contributed by atoms with Crippen molar-refractivity contribution >= 4 is 28.9 Å². The Kier molecular flexibility index (Phi) is 6.17. The van der Waals surface area contributed by atoms with Gasteiger partial charge in [0.1, 0.15) is 0 Å². The second kappa shape index (κ2) is 8.56. The zero-order valence-corrected chi connectivity index (χ0v) is 16.2. The van der Waals surface area contributed by atoms with Crippen LogP contribution in [-0.2, 0) is 4.79 Å². The molecule has 0 aliphatic carbocycles. The topological polar surface area (TPSA) is 35.6 Å². The summed E-state index contributed by atoms with van der Waals surface area (Å²) in [6.45, 7) is 8.68. The number of carbonyl (C=O) groups is 1. The van der Waals surface area contributed by atoms with Crippen molar-refractivity contribution in [1.29, 1.82) is 0 Å². The molecule has 0 spiro atoms. The lowest BCUT2D eigenvalue weighted by Gasteiger charge is -2.36. The van der Waals surface area contributed by atoms with Gasteiger partial charge in [0.2, 0.25) is 5.91 Å². The fraction of sp³-hybridized carbons (Fsp3) is 0.381. The molecule has 26 heavy (non-hydrogen) atoms. The van der Waals surface area contributed by atoms with Crippen LogP contribution in [0.2, 0.25) is 5.02 Å². The van der Waals surface area contributed by atoms with Crippen LogP contribution in [0.4, 0.5) is 11.4 Å². The van der Waals surface area contributed by atoms with E-state index in [9.17, 15) is 4.79 Å². The Morgan fingerprint density at radius 2 is 1.85 bits per heavy atom. The zero-order chi connectivity index (χ0) is 18.5. The highest BCUT2D eigenvalue weighted by molar-refractivity contribution is 6.30. The highest BCUT2D eigenvalue weighted by Crippen LogP contribution is 2.21. The first-order valence-corrected chi connectivity index (χ1v) is 9.49. The number of benzene rings is 2. The van der Waals surface area contributed by atoms with Crippen molar-refractivity contribution in [2.45, 2.75) is 20.3 Å². The van der Waals surface area contributed by atoms with E-state index in [0.29, 0.717) is 6.42 Å². The second-order valence-corrected chi connectivity index (χ2v) is 7.36. The number of carbonyl (C=O) groups excluding carboxylic acids is 1. The average Bonchev–Trinajstić information content (AvgIpc) is 2.63.